The third kappa shape index (κ3) is 7.07. The predicted molar refractivity (Wildman–Crippen MR) is 139 cm³/mol. The molecule has 0 fully saturated rings. The molecule has 1 unspecified atom stereocenters. The normalized spacial score (nSPS) is 16.1. The Balaban J connectivity index is 2.80. The van der Waals surface area contributed by atoms with Gasteiger partial charge in [0, 0.05) is 23.5 Å². The summed E-state index contributed by atoms with van der Waals surface area (Å²) in [6, 6.07) is 7.38. The molecule has 1 N–H and O–H groups in total. The first kappa shape index (κ1) is 28.8. The lowest BCUT2D eigenvalue weighted by Crippen LogP contribution is -2.37. The highest BCUT2D eigenvalue weighted by molar-refractivity contribution is 6.00. The zero-order chi connectivity index (χ0) is 26.8. The molecule has 1 heterocycles. The molecule has 0 radical (unpaired) electrons. The van der Waals surface area contributed by atoms with E-state index >= 15 is 0 Å². The summed E-state index contributed by atoms with van der Waals surface area (Å²) < 4.78 is 16.1. The van der Waals surface area contributed by atoms with Gasteiger partial charge in [-0.05, 0) is 65.4 Å². The Morgan fingerprint density at radius 2 is 1.58 bits per heavy atom. The highest BCUT2D eigenvalue weighted by atomic mass is 16.5. The van der Waals surface area contributed by atoms with E-state index in [0.717, 1.165) is 6.42 Å². The molecule has 0 bridgehead atoms. The number of esters is 3. The number of benzene rings is 1. The van der Waals surface area contributed by atoms with Gasteiger partial charge in [-0.3, -0.25) is 0 Å². The van der Waals surface area contributed by atoms with Crippen LogP contribution in [0.4, 0.5) is 0 Å². The zero-order valence-corrected chi connectivity index (χ0v) is 22.4. The van der Waals surface area contributed by atoms with Crippen molar-refractivity contribution in [3.05, 3.63) is 63.5 Å². The quantitative estimate of drug-likeness (QED) is 0.279. The summed E-state index contributed by atoms with van der Waals surface area (Å²) in [6.45, 7) is 10.0. The Morgan fingerprint density at radius 1 is 0.972 bits per heavy atom. The Hall–Kier alpha value is -3.39. The maximum atomic E-state index is 13.4. The smallest absolute Gasteiger partial charge is 0.336 e. The molecule has 36 heavy (non-hydrogen) atoms. The van der Waals surface area contributed by atoms with Crippen LogP contribution in [0.1, 0.15) is 58.1 Å². The van der Waals surface area contributed by atoms with Crippen molar-refractivity contribution >= 4 is 24.0 Å². The molecule has 0 amide bonds. The fourth-order valence-electron chi connectivity index (χ4n) is 4.08. The van der Waals surface area contributed by atoms with Crippen molar-refractivity contribution in [1.82, 2.24) is 10.2 Å². The minimum atomic E-state index is -0.758. The number of carbonyl (C=O) groups excluding carboxylic acids is 3. The first-order chi connectivity index (χ1) is 17.2. The average molecular weight is 499 g/mol. The molecule has 0 saturated heterocycles. The topological polar surface area (TPSA) is 94.2 Å². The number of carbonyl (C=O) groups is 3. The molecule has 2 rings (SSSR count). The molecule has 0 saturated carbocycles. The predicted octanol–water partition coefficient (Wildman–Crippen LogP) is 3.95. The lowest BCUT2D eigenvalue weighted by atomic mass is 9.78. The van der Waals surface area contributed by atoms with E-state index in [9.17, 15) is 14.4 Å². The third-order valence-electron chi connectivity index (χ3n) is 5.55. The summed E-state index contributed by atoms with van der Waals surface area (Å²) in [5.41, 5.74) is 3.70. The lowest BCUT2D eigenvalue weighted by Gasteiger charge is -2.33. The maximum Gasteiger partial charge on any atom is 0.336 e. The number of hydrogen-bond donors (Lipinski definition) is 1. The van der Waals surface area contributed by atoms with Gasteiger partial charge in [0.25, 0.3) is 0 Å². The summed E-state index contributed by atoms with van der Waals surface area (Å²) in [6.07, 6.45) is 2.45. The van der Waals surface area contributed by atoms with Gasteiger partial charge < -0.3 is 24.4 Å². The van der Waals surface area contributed by atoms with Gasteiger partial charge in [-0.1, -0.05) is 31.2 Å². The van der Waals surface area contributed by atoms with E-state index in [1.165, 1.54) is 0 Å². The number of nitrogens with one attached hydrogen (secondary N) is 1. The van der Waals surface area contributed by atoms with Crippen LogP contribution in [0.5, 0.6) is 0 Å². The van der Waals surface area contributed by atoms with Crippen molar-refractivity contribution in [3.63, 3.8) is 0 Å². The van der Waals surface area contributed by atoms with Crippen LogP contribution in [0.2, 0.25) is 0 Å². The SMILES string of the molecule is CCCOC(=O)/C(C)=C/c1ccccc1C1C(C(=O)OCC)=C(C)NC(CN(C)C)=C1C(=O)OCC. The molecule has 8 nitrogen and oxygen atoms in total. The third-order valence-corrected chi connectivity index (χ3v) is 5.55. The molecule has 1 aliphatic rings. The molecule has 1 atom stereocenters. The molecular formula is C28H38N2O6. The Bertz CT molecular complexity index is 1070. The van der Waals surface area contributed by atoms with Gasteiger partial charge in [0.1, 0.15) is 0 Å². The van der Waals surface area contributed by atoms with Gasteiger partial charge >= 0.3 is 17.9 Å². The fraction of sp³-hybridized carbons (Fsp3) is 0.464. The van der Waals surface area contributed by atoms with Crippen molar-refractivity contribution in [2.45, 2.75) is 47.0 Å². The van der Waals surface area contributed by atoms with Crippen LogP contribution < -0.4 is 5.32 Å². The first-order valence-electron chi connectivity index (χ1n) is 12.3. The second kappa shape index (κ2) is 13.6. The minimum Gasteiger partial charge on any atom is -0.463 e. The van der Waals surface area contributed by atoms with Gasteiger partial charge in [0.15, 0.2) is 0 Å². The van der Waals surface area contributed by atoms with Crippen molar-refractivity contribution in [2.75, 3.05) is 40.5 Å². The van der Waals surface area contributed by atoms with Gasteiger partial charge in [-0.25, -0.2) is 14.4 Å². The van der Waals surface area contributed by atoms with Gasteiger partial charge in [0.05, 0.1) is 36.9 Å². The van der Waals surface area contributed by atoms with E-state index in [-0.39, 0.29) is 13.2 Å². The second-order valence-corrected chi connectivity index (χ2v) is 8.76. The highest BCUT2D eigenvalue weighted by Crippen LogP contribution is 2.41. The van der Waals surface area contributed by atoms with Crippen LogP contribution in [0.15, 0.2) is 52.4 Å². The van der Waals surface area contributed by atoms with E-state index in [0.29, 0.717) is 52.4 Å². The second-order valence-electron chi connectivity index (χ2n) is 8.76. The zero-order valence-electron chi connectivity index (χ0n) is 22.4. The first-order valence-corrected chi connectivity index (χ1v) is 12.3. The molecule has 8 heteroatoms. The van der Waals surface area contributed by atoms with Crippen LogP contribution >= 0.6 is 0 Å². The number of ether oxygens (including phenoxy) is 3. The lowest BCUT2D eigenvalue weighted by molar-refractivity contribution is -0.140. The number of nitrogens with zero attached hydrogens (tertiary/aromatic N) is 1. The highest BCUT2D eigenvalue weighted by Gasteiger charge is 2.39. The summed E-state index contributed by atoms with van der Waals surface area (Å²) in [5.74, 6) is -2.20. The standard InChI is InChI=1S/C28H38N2O6/c1-8-15-36-26(31)18(4)16-20-13-11-12-14-21(20)24-23(27(32)34-9-2)19(5)29-22(17-30(6)7)25(24)28(33)35-10-3/h11-14,16,24,29H,8-10,15,17H2,1-7H3/b18-16+. The molecule has 1 aromatic carbocycles. The van der Waals surface area contributed by atoms with Crippen LogP contribution in [0, 0.1) is 0 Å². The fourth-order valence-corrected chi connectivity index (χ4v) is 4.08. The molecule has 1 aliphatic heterocycles. The summed E-state index contributed by atoms with van der Waals surface area (Å²) in [5, 5.41) is 3.25. The van der Waals surface area contributed by atoms with E-state index in [4.69, 9.17) is 14.2 Å². The van der Waals surface area contributed by atoms with E-state index in [1.807, 2.05) is 50.2 Å². The van der Waals surface area contributed by atoms with E-state index in [2.05, 4.69) is 5.32 Å². The Morgan fingerprint density at radius 3 is 2.17 bits per heavy atom. The van der Waals surface area contributed by atoms with Gasteiger partial charge in [-0.2, -0.15) is 0 Å². The Labute approximate surface area is 214 Å². The van der Waals surface area contributed by atoms with Crippen molar-refractivity contribution in [3.8, 4) is 0 Å². The van der Waals surface area contributed by atoms with Gasteiger partial charge in [-0.15, -0.1) is 0 Å². The summed E-state index contributed by atoms with van der Waals surface area (Å²) in [4.78, 5) is 41.0. The van der Waals surface area contributed by atoms with Crippen LogP contribution in [0.25, 0.3) is 6.08 Å². The average Bonchev–Trinajstić information content (AvgIpc) is 2.82. The minimum absolute atomic E-state index is 0.186. The van der Waals surface area contributed by atoms with Crippen LogP contribution in [-0.4, -0.2) is 63.3 Å². The molecule has 196 valence electrons. The number of allylic oxidation sites excluding steroid dienone is 1. The van der Waals surface area contributed by atoms with E-state index < -0.39 is 23.8 Å². The monoisotopic (exact) mass is 498 g/mol. The van der Waals surface area contributed by atoms with Crippen molar-refractivity contribution < 1.29 is 28.6 Å². The van der Waals surface area contributed by atoms with Crippen molar-refractivity contribution in [2.24, 2.45) is 0 Å². The number of dihydropyridines is 1. The largest absolute Gasteiger partial charge is 0.463 e. The van der Waals surface area contributed by atoms with Crippen LogP contribution in [0.3, 0.4) is 0 Å². The van der Waals surface area contributed by atoms with Crippen LogP contribution in [-0.2, 0) is 28.6 Å². The number of hydrogen-bond acceptors (Lipinski definition) is 8. The number of rotatable bonds is 11. The summed E-state index contributed by atoms with van der Waals surface area (Å²) >= 11 is 0. The number of likely N-dealkylation sites (N-methyl/N-ethyl adjacent to an activating group) is 1. The molecule has 0 spiro atoms. The molecule has 1 aromatic rings. The molecule has 0 aromatic heterocycles. The van der Waals surface area contributed by atoms with Crippen molar-refractivity contribution in [1.29, 1.82) is 0 Å². The van der Waals surface area contributed by atoms with E-state index in [1.54, 1.807) is 33.8 Å². The maximum absolute atomic E-state index is 13.4. The Kier molecular flexibility index (Phi) is 10.9. The summed E-state index contributed by atoms with van der Waals surface area (Å²) in [7, 11) is 3.79. The molecular weight excluding hydrogens is 460 g/mol. The molecule has 0 aliphatic carbocycles. The van der Waals surface area contributed by atoms with Gasteiger partial charge in [0.2, 0.25) is 0 Å².